The van der Waals surface area contributed by atoms with Gasteiger partial charge in [0.1, 0.15) is 0 Å². The molecule has 2 rings (SSSR count). The first kappa shape index (κ1) is 12.8. The maximum atomic E-state index is 11.1. The van der Waals surface area contributed by atoms with Gasteiger partial charge in [-0.15, -0.1) is 0 Å². The van der Waals surface area contributed by atoms with Crippen molar-refractivity contribution in [2.75, 3.05) is 11.4 Å². The Hall–Kier alpha value is -1.65. The van der Waals surface area contributed by atoms with E-state index < -0.39 is 5.97 Å². The minimum Gasteiger partial charge on any atom is -0.477 e. The summed E-state index contributed by atoms with van der Waals surface area (Å²) in [6.45, 7) is 6.90. The number of aromatic carboxylic acids is 1. The molecule has 0 amide bonds. The largest absolute Gasteiger partial charge is 0.477 e. The smallest absolute Gasteiger partial charge is 0.354 e. The Balaban J connectivity index is 2.41. The van der Waals surface area contributed by atoms with Crippen molar-refractivity contribution in [1.29, 1.82) is 0 Å². The van der Waals surface area contributed by atoms with E-state index >= 15 is 0 Å². The highest BCUT2D eigenvalue weighted by Gasteiger charge is 2.28. The molecule has 5 heteroatoms. The highest BCUT2D eigenvalue weighted by molar-refractivity contribution is 5.85. The number of carboxylic acid groups (broad SMARTS) is 1. The zero-order valence-corrected chi connectivity index (χ0v) is 11.1. The summed E-state index contributed by atoms with van der Waals surface area (Å²) >= 11 is 0. The summed E-state index contributed by atoms with van der Waals surface area (Å²) in [7, 11) is 0. The molecule has 1 N–H and O–H groups in total. The fourth-order valence-electron chi connectivity index (χ4n) is 2.02. The van der Waals surface area contributed by atoms with Gasteiger partial charge in [-0.2, -0.15) is 0 Å². The fraction of sp³-hybridized carbons (Fsp3) is 0.615. The second kappa shape index (κ2) is 4.92. The molecule has 18 heavy (non-hydrogen) atoms. The third-order valence-electron chi connectivity index (χ3n) is 3.17. The van der Waals surface area contributed by atoms with Gasteiger partial charge in [-0.3, -0.25) is 0 Å². The lowest BCUT2D eigenvalue weighted by atomic mass is 10.2. The van der Waals surface area contributed by atoms with Crippen LogP contribution in [0.2, 0.25) is 0 Å². The lowest BCUT2D eigenvalue weighted by Crippen LogP contribution is -2.32. The van der Waals surface area contributed by atoms with E-state index in [1.807, 2.05) is 11.8 Å². The van der Waals surface area contributed by atoms with Gasteiger partial charge < -0.3 is 10.0 Å². The Morgan fingerprint density at radius 2 is 2.17 bits per heavy atom. The minimum absolute atomic E-state index is 0.0981. The first-order chi connectivity index (χ1) is 8.52. The highest BCUT2D eigenvalue weighted by Crippen LogP contribution is 2.39. The number of carboxylic acids is 1. The zero-order valence-electron chi connectivity index (χ0n) is 11.1. The summed E-state index contributed by atoms with van der Waals surface area (Å²) in [5.74, 6) is -0.0228. The molecule has 0 aromatic carbocycles. The average Bonchev–Trinajstić information content (AvgIpc) is 3.12. The molecule has 0 radical (unpaired) electrons. The van der Waals surface area contributed by atoms with Crippen LogP contribution < -0.4 is 4.90 Å². The van der Waals surface area contributed by atoms with Gasteiger partial charge in [0, 0.05) is 24.2 Å². The lowest BCUT2D eigenvalue weighted by Gasteiger charge is -2.25. The number of anilines is 1. The maximum Gasteiger partial charge on any atom is 0.354 e. The van der Waals surface area contributed by atoms with Crippen LogP contribution in [0, 0.1) is 0 Å². The monoisotopic (exact) mass is 249 g/mol. The van der Waals surface area contributed by atoms with Crippen LogP contribution in [0.25, 0.3) is 0 Å². The van der Waals surface area contributed by atoms with Crippen LogP contribution in [0.4, 0.5) is 5.95 Å². The number of rotatable bonds is 5. The molecule has 1 aliphatic carbocycles. The van der Waals surface area contributed by atoms with Crippen molar-refractivity contribution in [2.45, 2.75) is 45.6 Å². The molecule has 1 aromatic rings. The van der Waals surface area contributed by atoms with Gasteiger partial charge in [0.05, 0.1) is 0 Å². The fourth-order valence-corrected chi connectivity index (χ4v) is 2.02. The van der Waals surface area contributed by atoms with Crippen LogP contribution in [0.3, 0.4) is 0 Å². The van der Waals surface area contributed by atoms with E-state index in [9.17, 15) is 4.79 Å². The number of hydrogen-bond acceptors (Lipinski definition) is 4. The molecule has 1 saturated carbocycles. The van der Waals surface area contributed by atoms with Gasteiger partial charge in [0.2, 0.25) is 5.95 Å². The van der Waals surface area contributed by atoms with E-state index in [0.717, 1.165) is 25.1 Å². The van der Waals surface area contributed by atoms with E-state index in [1.54, 1.807) is 6.07 Å². The molecule has 0 atom stereocenters. The molecular formula is C13H19N3O2. The van der Waals surface area contributed by atoms with Gasteiger partial charge in [0.25, 0.3) is 0 Å². The normalized spacial score (nSPS) is 14.9. The molecule has 1 aromatic heterocycles. The van der Waals surface area contributed by atoms with Crippen molar-refractivity contribution in [3.05, 3.63) is 17.5 Å². The van der Waals surface area contributed by atoms with Crippen LogP contribution in [0.5, 0.6) is 0 Å². The molecule has 1 aliphatic rings. The quantitative estimate of drug-likeness (QED) is 0.867. The number of aromatic nitrogens is 2. The van der Waals surface area contributed by atoms with Crippen LogP contribution >= 0.6 is 0 Å². The molecule has 1 heterocycles. The third-order valence-corrected chi connectivity index (χ3v) is 3.17. The number of hydrogen-bond donors (Lipinski definition) is 1. The van der Waals surface area contributed by atoms with Gasteiger partial charge in [-0.05, 0) is 39.7 Å². The molecule has 5 nitrogen and oxygen atoms in total. The topological polar surface area (TPSA) is 66.3 Å². The summed E-state index contributed by atoms with van der Waals surface area (Å²) in [5.41, 5.74) is 0.970. The van der Waals surface area contributed by atoms with E-state index in [0.29, 0.717) is 11.9 Å². The van der Waals surface area contributed by atoms with Crippen LogP contribution in [-0.2, 0) is 0 Å². The van der Waals surface area contributed by atoms with Crippen molar-refractivity contribution in [3.63, 3.8) is 0 Å². The van der Waals surface area contributed by atoms with E-state index in [-0.39, 0.29) is 11.7 Å². The Kier molecular flexibility index (Phi) is 3.50. The Bertz CT molecular complexity index is 456. The SMILES string of the molecule is CCN(c1nc(C(=O)O)cc(C2CC2)n1)C(C)C. The van der Waals surface area contributed by atoms with Crippen LogP contribution in [0.15, 0.2) is 6.07 Å². The minimum atomic E-state index is -0.986. The molecule has 0 aliphatic heterocycles. The maximum absolute atomic E-state index is 11.1. The van der Waals surface area contributed by atoms with E-state index in [1.165, 1.54) is 0 Å². The number of nitrogens with zero attached hydrogens (tertiary/aromatic N) is 3. The van der Waals surface area contributed by atoms with E-state index in [4.69, 9.17) is 5.11 Å². The van der Waals surface area contributed by atoms with Gasteiger partial charge in [-0.25, -0.2) is 14.8 Å². The molecular weight excluding hydrogens is 230 g/mol. The van der Waals surface area contributed by atoms with E-state index in [2.05, 4.69) is 23.8 Å². The molecule has 0 unspecified atom stereocenters. The van der Waals surface area contributed by atoms with Gasteiger partial charge >= 0.3 is 5.97 Å². The van der Waals surface area contributed by atoms with Crippen molar-refractivity contribution < 1.29 is 9.90 Å². The first-order valence-corrected chi connectivity index (χ1v) is 6.41. The van der Waals surface area contributed by atoms with Crippen molar-refractivity contribution in [2.24, 2.45) is 0 Å². The van der Waals surface area contributed by atoms with Crippen molar-refractivity contribution in [1.82, 2.24) is 9.97 Å². The van der Waals surface area contributed by atoms with Crippen LogP contribution in [-0.4, -0.2) is 33.6 Å². The Labute approximate surface area is 107 Å². The molecule has 1 fully saturated rings. The second-order valence-corrected chi connectivity index (χ2v) is 4.94. The number of carbonyl (C=O) groups is 1. The lowest BCUT2D eigenvalue weighted by molar-refractivity contribution is 0.0690. The van der Waals surface area contributed by atoms with Gasteiger partial charge in [-0.1, -0.05) is 0 Å². The molecule has 98 valence electrons. The van der Waals surface area contributed by atoms with Crippen molar-refractivity contribution in [3.8, 4) is 0 Å². The summed E-state index contributed by atoms with van der Waals surface area (Å²) in [5, 5.41) is 9.12. The summed E-state index contributed by atoms with van der Waals surface area (Å²) in [6.07, 6.45) is 2.20. The standard InChI is InChI=1S/C13H19N3O2/c1-4-16(8(2)3)13-14-10(9-5-6-9)7-11(15-13)12(17)18/h7-9H,4-6H2,1-3H3,(H,17,18). The second-order valence-electron chi connectivity index (χ2n) is 4.94. The molecule has 0 spiro atoms. The Morgan fingerprint density at radius 1 is 1.50 bits per heavy atom. The predicted molar refractivity (Wildman–Crippen MR) is 69.1 cm³/mol. The zero-order chi connectivity index (χ0) is 13.3. The Morgan fingerprint density at radius 3 is 2.61 bits per heavy atom. The summed E-state index contributed by atoms with van der Waals surface area (Å²) < 4.78 is 0. The summed E-state index contributed by atoms with van der Waals surface area (Å²) in [6, 6.07) is 1.86. The van der Waals surface area contributed by atoms with Crippen molar-refractivity contribution >= 4 is 11.9 Å². The predicted octanol–water partition coefficient (Wildman–Crippen LogP) is 2.29. The molecule has 0 saturated heterocycles. The van der Waals surface area contributed by atoms with Crippen LogP contribution in [0.1, 0.15) is 55.7 Å². The third kappa shape index (κ3) is 2.60. The molecule has 0 bridgehead atoms. The highest BCUT2D eigenvalue weighted by atomic mass is 16.4. The first-order valence-electron chi connectivity index (χ1n) is 6.41. The summed E-state index contributed by atoms with van der Waals surface area (Å²) in [4.78, 5) is 21.8. The average molecular weight is 249 g/mol. The van der Waals surface area contributed by atoms with Gasteiger partial charge in [0.15, 0.2) is 5.69 Å².